The van der Waals surface area contributed by atoms with Crippen molar-refractivity contribution < 1.29 is 0 Å². The summed E-state index contributed by atoms with van der Waals surface area (Å²) in [6.07, 6.45) is 14.2. The number of hydrogen-bond acceptors (Lipinski definition) is 0. The molecule has 0 aromatic heterocycles. The van der Waals surface area contributed by atoms with Gasteiger partial charge in [-0.05, 0) is 43.2 Å². The molecule has 0 saturated heterocycles. The Balaban J connectivity index is 2.30. The van der Waals surface area contributed by atoms with E-state index < -0.39 is 16.1 Å². The molecule has 0 heterocycles. The minimum atomic E-state index is -0.884. The summed E-state index contributed by atoms with van der Waals surface area (Å²) in [7, 11) is -1.77. The molecule has 0 radical (unpaired) electrons. The molecule has 0 N–H and O–H groups in total. The highest BCUT2D eigenvalue weighted by molar-refractivity contribution is 6.76. The van der Waals surface area contributed by atoms with Gasteiger partial charge in [-0.2, -0.15) is 0 Å². The van der Waals surface area contributed by atoms with Gasteiger partial charge in [-0.3, -0.25) is 0 Å². The molecule has 1 rings (SSSR count). The Hall–Kier alpha value is -0.0862. The Labute approximate surface area is 123 Å². The molecule has 2 heteroatoms. The first-order valence-corrected chi connectivity index (χ1v) is 15.4. The van der Waals surface area contributed by atoms with Gasteiger partial charge in [0.05, 0.1) is 0 Å². The molecule has 1 fully saturated rings. The SMILES string of the molecule is C[Si](C)(C)C/C=C/C1CCC(/C=C/C[Si](C)(C)C)C1. The van der Waals surface area contributed by atoms with Gasteiger partial charge in [-0.1, -0.05) is 63.6 Å². The van der Waals surface area contributed by atoms with Crippen molar-refractivity contribution in [1.29, 1.82) is 0 Å². The highest BCUT2D eigenvalue weighted by Gasteiger charge is 2.21. The number of rotatable bonds is 6. The van der Waals surface area contributed by atoms with Crippen LogP contribution in [0, 0.1) is 11.8 Å². The second-order valence-electron chi connectivity index (χ2n) is 8.72. The third-order valence-electron chi connectivity index (χ3n) is 3.79. The lowest BCUT2D eigenvalue weighted by molar-refractivity contribution is 0.638. The average molecular weight is 295 g/mol. The molecule has 1 aliphatic rings. The van der Waals surface area contributed by atoms with Crippen molar-refractivity contribution in [3.8, 4) is 0 Å². The minimum Gasteiger partial charge on any atom is -0.0909 e. The van der Waals surface area contributed by atoms with Gasteiger partial charge in [-0.25, -0.2) is 0 Å². The van der Waals surface area contributed by atoms with E-state index in [0.29, 0.717) is 0 Å². The summed E-state index contributed by atoms with van der Waals surface area (Å²) in [4.78, 5) is 0. The lowest BCUT2D eigenvalue weighted by atomic mass is 10.0. The van der Waals surface area contributed by atoms with Gasteiger partial charge in [-0.15, -0.1) is 0 Å². The topological polar surface area (TPSA) is 0 Å². The Morgan fingerprint density at radius 3 is 1.42 bits per heavy atom. The van der Waals surface area contributed by atoms with Gasteiger partial charge in [0.1, 0.15) is 0 Å². The van der Waals surface area contributed by atoms with Crippen LogP contribution in [0.15, 0.2) is 24.3 Å². The minimum absolute atomic E-state index is 0.859. The second-order valence-corrected chi connectivity index (χ2v) is 19.8. The van der Waals surface area contributed by atoms with E-state index in [-0.39, 0.29) is 0 Å². The quantitative estimate of drug-likeness (QED) is 0.404. The van der Waals surface area contributed by atoms with E-state index in [1.54, 1.807) is 0 Å². The smallest absolute Gasteiger partial charge is 0.0480 e. The molecule has 2 unspecified atom stereocenters. The van der Waals surface area contributed by atoms with Crippen molar-refractivity contribution in [3.05, 3.63) is 24.3 Å². The number of allylic oxidation sites excluding steroid dienone is 4. The lowest BCUT2D eigenvalue weighted by Gasteiger charge is -2.13. The van der Waals surface area contributed by atoms with Gasteiger partial charge in [0.15, 0.2) is 0 Å². The van der Waals surface area contributed by atoms with Crippen LogP contribution < -0.4 is 0 Å². The van der Waals surface area contributed by atoms with Gasteiger partial charge >= 0.3 is 0 Å². The van der Waals surface area contributed by atoms with Crippen molar-refractivity contribution in [2.45, 2.75) is 70.6 Å². The van der Waals surface area contributed by atoms with Crippen LogP contribution in [-0.4, -0.2) is 16.1 Å². The fraction of sp³-hybridized carbons (Fsp3) is 0.765. The standard InChI is InChI=1S/C17H34Si2/c1-18(2,3)13-7-9-16-11-12-17(15-16)10-8-14-19(4,5)6/h7-10,16-17H,11-15H2,1-6H3/b9-7+,10-8+. The molecule has 0 aliphatic heterocycles. The Morgan fingerprint density at radius 1 is 0.737 bits per heavy atom. The van der Waals surface area contributed by atoms with E-state index in [1.165, 1.54) is 31.4 Å². The molecule has 0 aromatic carbocycles. The zero-order valence-electron chi connectivity index (χ0n) is 14.0. The maximum Gasteiger partial charge on any atom is 0.0480 e. The fourth-order valence-corrected chi connectivity index (χ4v) is 4.32. The molecule has 0 nitrogen and oxygen atoms in total. The van der Waals surface area contributed by atoms with Gasteiger partial charge in [0, 0.05) is 16.1 Å². The van der Waals surface area contributed by atoms with E-state index in [1.807, 2.05) is 0 Å². The summed E-state index contributed by atoms with van der Waals surface area (Å²) in [6.45, 7) is 14.7. The van der Waals surface area contributed by atoms with Crippen LogP contribution in [0.2, 0.25) is 51.4 Å². The summed E-state index contributed by atoms with van der Waals surface area (Å²) in [6, 6.07) is 2.69. The predicted octanol–water partition coefficient (Wildman–Crippen LogP) is 6.19. The Morgan fingerprint density at radius 2 is 1.11 bits per heavy atom. The van der Waals surface area contributed by atoms with Crippen LogP contribution >= 0.6 is 0 Å². The fourth-order valence-electron chi connectivity index (χ4n) is 2.63. The van der Waals surface area contributed by atoms with Crippen LogP contribution in [0.3, 0.4) is 0 Å². The summed E-state index contributed by atoms with van der Waals surface area (Å²) in [5, 5.41) is 0. The van der Waals surface area contributed by atoms with Crippen molar-refractivity contribution >= 4 is 16.1 Å². The third kappa shape index (κ3) is 8.64. The van der Waals surface area contributed by atoms with Crippen LogP contribution in [0.1, 0.15) is 19.3 Å². The molecule has 0 amide bonds. The molecule has 19 heavy (non-hydrogen) atoms. The summed E-state index contributed by atoms with van der Waals surface area (Å²) >= 11 is 0. The predicted molar refractivity (Wildman–Crippen MR) is 95.4 cm³/mol. The van der Waals surface area contributed by atoms with Crippen LogP contribution in [0.25, 0.3) is 0 Å². The maximum atomic E-state index is 2.52. The van der Waals surface area contributed by atoms with Gasteiger partial charge < -0.3 is 0 Å². The van der Waals surface area contributed by atoms with Crippen molar-refractivity contribution in [2.24, 2.45) is 11.8 Å². The monoisotopic (exact) mass is 294 g/mol. The van der Waals surface area contributed by atoms with E-state index in [9.17, 15) is 0 Å². The number of hydrogen-bond donors (Lipinski definition) is 0. The largest absolute Gasteiger partial charge is 0.0909 e. The molecular formula is C17H34Si2. The van der Waals surface area contributed by atoms with Crippen molar-refractivity contribution in [1.82, 2.24) is 0 Å². The molecule has 0 bridgehead atoms. The van der Waals surface area contributed by atoms with Crippen molar-refractivity contribution in [2.75, 3.05) is 0 Å². The zero-order chi connectivity index (χ0) is 14.5. The molecule has 2 atom stereocenters. The summed E-state index contributed by atoms with van der Waals surface area (Å²) < 4.78 is 0. The molecule has 1 saturated carbocycles. The Bertz CT molecular complexity index is 283. The first-order valence-electron chi connectivity index (χ1n) is 7.99. The van der Waals surface area contributed by atoms with Crippen molar-refractivity contribution in [3.63, 3.8) is 0 Å². The molecule has 110 valence electrons. The van der Waals surface area contributed by atoms with Crippen LogP contribution in [-0.2, 0) is 0 Å². The summed E-state index contributed by atoms with van der Waals surface area (Å²) in [5.41, 5.74) is 0. The van der Waals surface area contributed by atoms with E-state index >= 15 is 0 Å². The molecule has 1 aliphatic carbocycles. The molecule has 0 spiro atoms. The molecular weight excluding hydrogens is 260 g/mol. The highest BCUT2D eigenvalue weighted by Crippen LogP contribution is 2.33. The summed E-state index contributed by atoms with van der Waals surface area (Å²) in [5.74, 6) is 1.72. The normalized spacial score (nSPS) is 25.8. The first-order chi connectivity index (χ1) is 8.66. The average Bonchev–Trinajstić information content (AvgIpc) is 2.62. The van der Waals surface area contributed by atoms with Crippen LogP contribution in [0.5, 0.6) is 0 Å². The van der Waals surface area contributed by atoms with Gasteiger partial charge in [0.2, 0.25) is 0 Å². The lowest BCUT2D eigenvalue weighted by Crippen LogP contribution is -2.17. The van der Waals surface area contributed by atoms with Gasteiger partial charge in [0.25, 0.3) is 0 Å². The highest BCUT2D eigenvalue weighted by atomic mass is 28.3. The van der Waals surface area contributed by atoms with E-state index in [4.69, 9.17) is 0 Å². The van der Waals surface area contributed by atoms with E-state index in [0.717, 1.165) is 11.8 Å². The molecule has 0 aromatic rings. The zero-order valence-corrected chi connectivity index (χ0v) is 16.0. The van der Waals surface area contributed by atoms with E-state index in [2.05, 4.69) is 63.6 Å². The Kier molecular flexibility index (Phi) is 6.32. The third-order valence-corrected chi connectivity index (χ3v) is 6.71. The first kappa shape index (κ1) is 17.0. The second kappa shape index (κ2) is 7.07. The van der Waals surface area contributed by atoms with Crippen LogP contribution in [0.4, 0.5) is 0 Å². The maximum absolute atomic E-state index is 2.52.